The average molecular weight is 332 g/mol. The van der Waals surface area contributed by atoms with Crippen LogP contribution in [0.1, 0.15) is 12.0 Å². The first-order valence-corrected chi connectivity index (χ1v) is 8.77. The van der Waals surface area contributed by atoms with E-state index in [9.17, 15) is 0 Å². The van der Waals surface area contributed by atoms with Crippen LogP contribution in [0.5, 0.6) is 0 Å². The first-order valence-electron chi connectivity index (χ1n) is 6.84. The Kier molecular flexibility index (Phi) is 11.5. The average Bonchev–Trinajstić information content (AvgIpc) is 2.52. The number of halogens is 1. The molecule has 0 aliphatic rings. The first kappa shape index (κ1) is 20.3. The molecule has 0 bridgehead atoms. The molecule has 6 heteroatoms. The molecule has 0 spiro atoms. The van der Waals surface area contributed by atoms with Gasteiger partial charge in [-0.1, -0.05) is 42.5 Å². The molecule has 0 heterocycles. The summed E-state index contributed by atoms with van der Waals surface area (Å²) in [5.74, 6) is 0. The van der Waals surface area contributed by atoms with Crippen LogP contribution in [0.4, 0.5) is 0 Å². The summed E-state index contributed by atoms with van der Waals surface area (Å²) in [5.41, 5.74) is 1.22. The van der Waals surface area contributed by atoms with Gasteiger partial charge in [0.05, 0.1) is 0 Å². The molecule has 4 nitrogen and oxygen atoms in total. The number of rotatable bonds is 10. The van der Waals surface area contributed by atoms with E-state index in [1.807, 2.05) is 18.2 Å². The van der Waals surface area contributed by atoms with E-state index in [1.54, 1.807) is 21.3 Å². The van der Waals surface area contributed by atoms with Crippen LogP contribution in [0.15, 0.2) is 36.4 Å². The summed E-state index contributed by atoms with van der Waals surface area (Å²) in [4.78, 5) is 0. The van der Waals surface area contributed by atoms with Crippen LogP contribution >= 0.6 is 12.4 Å². The van der Waals surface area contributed by atoms with Gasteiger partial charge in [0.2, 0.25) is 0 Å². The maximum atomic E-state index is 5.37. The van der Waals surface area contributed by atoms with Gasteiger partial charge in [0.25, 0.3) is 0 Å². The van der Waals surface area contributed by atoms with E-state index in [0.29, 0.717) is 0 Å². The Balaban J connectivity index is 0.00000400. The van der Waals surface area contributed by atoms with Crippen LogP contribution in [-0.2, 0) is 13.3 Å². The quantitative estimate of drug-likeness (QED) is 0.528. The van der Waals surface area contributed by atoms with Crippen LogP contribution < -0.4 is 5.32 Å². The van der Waals surface area contributed by atoms with Crippen molar-refractivity contribution in [2.24, 2.45) is 0 Å². The monoisotopic (exact) mass is 331 g/mol. The van der Waals surface area contributed by atoms with E-state index >= 15 is 0 Å². The maximum Gasteiger partial charge on any atom is 0.500 e. The third kappa shape index (κ3) is 7.76. The lowest BCUT2D eigenvalue weighted by Gasteiger charge is -2.24. The molecule has 0 aromatic heterocycles. The molecule has 1 aromatic rings. The largest absolute Gasteiger partial charge is 0.500 e. The van der Waals surface area contributed by atoms with Crippen molar-refractivity contribution >= 4 is 27.3 Å². The standard InChI is InChI=1S/C15H25NO3Si.ClH/c1-17-20(18-2,19-3)14-8-13-16-12-7-11-15-9-5-4-6-10-15;/h4-7,9-11,16H,8,12-14H2,1-3H3;1H. The highest BCUT2D eigenvalue weighted by atomic mass is 35.5. The fourth-order valence-electron chi connectivity index (χ4n) is 1.93. The summed E-state index contributed by atoms with van der Waals surface area (Å²) in [6, 6.07) is 11.1. The van der Waals surface area contributed by atoms with Gasteiger partial charge >= 0.3 is 8.80 Å². The number of hydrogen-bond acceptors (Lipinski definition) is 4. The predicted molar refractivity (Wildman–Crippen MR) is 91.8 cm³/mol. The normalized spacial score (nSPS) is 11.6. The van der Waals surface area contributed by atoms with E-state index in [-0.39, 0.29) is 12.4 Å². The summed E-state index contributed by atoms with van der Waals surface area (Å²) >= 11 is 0. The Bertz CT molecular complexity index is 378. The van der Waals surface area contributed by atoms with Crippen LogP contribution in [0, 0.1) is 0 Å². The molecule has 120 valence electrons. The molecule has 21 heavy (non-hydrogen) atoms. The van der Waals surface area contributed by atoms with Crippen molar-refractivity contribution in [3.8, 4) is 0 Å². The van der Waals surface area contributed by atoms with Gasteiger partial charge in [0, 0.05) is 33.9 Å². The van der Waals surface area contributed by atoms with Gasteiger partial charge in [-0.3, -0.25) is 0 Å². The highest BCUT2D eigenvalue weighted by Gasteiger charge is 2.36. The van der Waals surface area contributed by atoms with E-state index in [1.165, 1.54) is 5.56 Å². The highest BCUT2D eigenvalue weighted by Crippen LogP contribution is 2.14. The second kappa shape index (κ2) is 11.9. The third-order valence-electron chi connectivity index (χ3n) is 3.14. The summed E-state index contributed by atoms with van der Waals surface area (Å²) in [6.45, 7) is 1.78. The second-order valence-corrected chi connectivity index (χ2v) is 7.51. The fourth-order valence-corrected chi connectivity index (χ4v) is 3.65. The SMILES string of the molecule is CO[Si](CCCNCC=Cc1ccccc1)(OC)OC.Cl. The zero-order valence-electron chi connectivity index (χ0n) is 13.0. The number of benzene rings is 1. The Hall–Kier alpha value is -0.693. The molecule has 0 amide bonds. The smallest absolute Gasteiger partial charge is 0.377 e. The minimum atomic E-state index is -2.40. The Labute approximate surface area is 135 Å². The Morgan fingerprint density at radius 2 is 1.67 bits per heavy atom. The van der Waals surface area contributed by atoms with Gasteiger partial charge in [-0.25, -0.2) is 0 Å². The predicted octanol–water partition coefficient (Wildman–Crippen LogP) is 2.98. The topological polar surface area (TPSA) is 39.7 Å². The lowest BCUT2D eigenvalue weighted by molar-refractivity contribution is 0.123. The van der Waals surface area contributed by atoms with Crippen molar-refractivity contribution in [1.29, 1.82) is 0 Å². The Morgan fingerprint density at radius 3 is 2.24 bits per heavy atom. The molecule has 1 aromatic carbocycles. The van der Waals surface area contributed by atoms with E-state index in [4.69, 9.17) is 13.3 Å². The summed E-state index contributed by atoms with van der Waals surface area (Å²) in [6.07, 6.45) is 5.22. The fraction of sp³-hybridized carbons (Fsp3) is 0.467. The molecule has 1 N–H and O–H groups in total. The molecular weight excluding hydrogens is 306 g/mol. The van der Waals surface area contributed by atoms with Crippen molar-refractivity contribution in [3.63, 3.8) is 0 Å². The van der Waals surface area contributed by atoms with E-state index < -0.39 is 8.80 Å². The van der Waals surface area contributed by atoms with Gasteiger partial charge in [0.1, 0.15) is 0 Å². The summed E-state index contributed by atoms with van der Waals surface area (Å²) < 4.78 is 16.1. The maximum absolute atomic E-state index is 5.37. The summed E-state index contributed by atoms with van der Waals surface area (Å²) in [7, 11) is 2.55. The third-order valence-corrected chi connectivity index (χ3v) is 5.97. The van der Waals surface area contributed by atoms with Crippen LogP contribution in [0.25, 0.3) is 6.08 Å². The lowest BCUT2D eigenvalue weighted by Crippen LogP contribution is -2.43. The van der Waals surface area contributed by atoms with E-state index in [0.717, 1.165) is 25.6 Å². The van der Waals surface area contributed by atoms with Crippen molar-refractivity contribution in [2.75, 3.05) is 34.4 Å². The van der Waals surface area contributed by atoms with Gasteiger partial charge < -0.3 is 18.6 Å². The molecule has 1 rings (SSSR count). The van der Waals surface area contributed by atoms with Gasteiger partial charge in [-0.05, 0) is 18.5 Å². The molecule has 0 unspecified atom stereocenters. The second-order valence-electron chi connectivity index (χ2n) is 4.42. The minimum absolute atomic E-state index is 0. The van der Waals surface area contributed by atoms with Gasteiger partial charge in [-0.15, -0.1) is 12.4 Å². The van der Waals surface area contributed by atoms with E-state index in [2.05, 4.69) is 29.6 Å². The molecule has 0 fully saturated rings. The molecule has 0 aliphatic heterocycles. The molecule has 0 saturated heterocycles. The van der Waals surface area contributed by atoms with Crippen LogP contribution in [0.2, 0.25) is 6.04 Å². The first-order chi connectivity index (χ1) is 9.76. The summed E-state index contributed by atoms with van der Waals surface area (Å²) in [5, 5.41) is 3.37. The van der Waals surface area contributed by atoms with Crippen molar-refractivity contribution < 1.29 is 13.3 Å². The number of nitrogens with one attached hydrogen (secondary N) is 1. The zero-order valence-corrected chi connectivity index (χ0v) is 14.8. The molecular formula is C15H26ClNO3Si. The lowest BCUT2D eigenvalue weighted by atomic mass is 10.2. The molecule has 0 saturated carbocycles. The van der Waals surface area contributed by atoms with Crippen molar-refractivity contribution in [3.05, 3.63) is 42.0 Å². The minimum Gasteiger partial charge on any atom is -0.377 e. The molecule has 0 radical (unpaired) electrons. The van der Waals surface area contributed by atoms with Crippen LogP contribution in [0.3, 0.4) is 0 Å². The van der Waals surface area contributed by atoms with Crippen molar-refractivity contribution in [1.82, 2.24) is 5.32 Å². The number of hydrogen-bond donors (Lipinski definition) is 1. The van der Waals surface area contributed by atoms with Gasteiger partial charge in [0.15, 0.2) is 0 Å². The Morgan fingerprint density at radius 1 is 1.05 bits per heavy atom. The molecule has 0 atom stereocenters. The zero-order chi connectivity index (χ0) is 14.7. The van der Waals surface area contributed by atoms with Gasteiger partial charge in [-0.2, -0.15) is 0 Å². The highest BCUT2D eigenvalue weighted by molar-refractivity contribution is 6.60. The van der Waals surface area contributed by atoms with Crippen LogP contribution in [-0.4, -0.2) is 43.2 Å². The van der Waals surface area contributed by atoms with Crippen molar-refractivity contribution in [2.45, 2.75) is 12.5 Å². The molecule has 0 aliphatic carbocycles.